The van der Waals surface area contributed by atoms with Crippen LogP contribution >= 0.6 is 34.5 Å². The summed E-state index contributed by atoms with van der Waals surface area (Å²) in [6, 6.07) is 8.51. The van der Waals surface area contributed by atoms with Crippen LogP contribution < -0.4 is 10.6 Å². The zero-order valence-electron chi connectivity index (χ0n) is 13.3. The molecule has 2 aromatic rings. The molecule has 0 radical (unpaired) electrons. The summed E-state index contributed by atoms with van der Waals surface area (Å²) < 4.78 is 0. The van der Waals surface area contributed by atoms with Gasteiger partial charge in [0.2, 0.25) is 11.8 Å². The van der Waals surface area contributed by atoms with E-state index >= 15 is 0 Å². The molecule has 1 aromatic heterocycles. The molecule has 24 heavy (non-hydrogen) atoms. The van der Waals surface area contributed by atoms with Crippen LogP contribution in [0, 0.1) is 0 Å². The smallest absolute Gasteiger partial charge is 0.222 e. The fourth-order valence-electron chi connectivity index (χ4n) is 2.31. The van der Waals surface area contributed by atoms with Crippen LogP contribution in [0.15, 0.2) is 35.7 Å². The van der Waals surface area contributed by atoms with Crippen molar-refractivity contribution in [3.8, 4) is 0 Å². The molecule has 2 amide bonds. The zero-order chi connectivity index (χ0) is 17.7. The Labute approximate surface area is 155 Å². The molecule has 1 aromatic carbocycles. The van der Waals surface area contributed by atoms with E-state index in [1.807, 2.05) is 30.5 Å². The van der Waals surface area contributed by atoms with Crippen LogP contribution in [-0.4, -0.2) is 11.8 Å². The van der Waals surface area contributed by atoms with Crippen LogP contribution in [0.4, 0.5) is 0 Å². The van der Waals surface area contributed by atoms with Crippen molar-refractivity contribution in [3.63, 3.8) is 0 Å². The first-order valence-corrected chi connectivity index (χ1v) is 9.05. The number of carbonyl (C=O) groups is 2. The second kappa shape index (κ2) is 8.51. The highest BCUT2D eigenvalue weighted by molar-refractivity contribution is 7.10. The average Bonchev–Trinajstić information content (AvgIpc) is 3.03. The van der Waals surface area contributed by atoms with Gasteiger partial charge in [0.25, 0.3) is 0 Å². The first-order chi connectivity index (χ1) is 11.4. The summed E-state index contributed by atoms with van der Waals surface area (Å²) in [4.78, 5) is 24.7. The molecule has 0 fully saturated rings. The van der Waals surface area contributed by atoms with Gasteiger partial charge in [0.1, 0.15) is 0 Å². The van der Waals surface area contributed by atoms with Gasteiger partial charge in [-0.1, -0.05) is 35.3 Å². The Kier molecular flexibility index (Phi) is 6.66. The van der Waals surface area contributed by atoms with Crippen molar-refractivity contribution >= 4 is 46.4 Å². The lowest BCUT2D eigenvalue weighted by Crippen LogP contribution is -2.33. The standard InChI is InChI=1S/C17H18Cl2N2O2S/c1-10(12-5-6-13(18)14(19)8-12)20-17(23)9-15(21-11(2)22)16-4-3-7-24-16/h3-8,10,15H,9H2,1-2H3,(H,20,23)(H,21,22). The molecule has 0 saturated heterocycles. The molecule has 1 heterocycles. The Morgan fingerprint density at radius 2 is 1.92 bits per heavy atom. The molecule has 0 bridgehead atoms. The summed E-state index contributed by atoms with van der Waals surface area (Å²) in [5.74, 6) is -0.320. The number of hydrogen-bond acceptors (Lipinski definition) is 3. The maximum atomic E-state index is 12.3. The first-order valence-electron chi connectivity index (χ1n) is 7.41. The molecule has 0 aliphatic heterocycles. The molecule has 0 spiro atoms. The van der Waals surface area contributed by atoms with Gasteiger partial charge in [-0.05, 0) is 36.1 Å². The van der Waals surface area contributed by atoms with E-state index in [4.69, 9.17) is 23.2 Å². The number of benzene rings is 1. The zero-order valence-corrected chi connectivity index (χ0v) is 15.6. The summed E-state index contributed by atoms with van der Waals surface area (Å²) in [5, 5.41) is 8.58. The van der Waals surface area contributed by atoms with Crippen molar-refractivity contribution in [2.75, 3.05) is 0 Å². The molecule has 0 aliphatic rings. The van der Waals surface area contributed by atoms with E-state index in [0.717, 1.165) is 10.4 Å². The van der Waals surface area contributed by atoms with Gasteiger partial charge in [0.05, 0.1) is 28.5 Å². The second-order valence-corrected chi connectivity index (χ2v) is 7.23. The molecule has 2 unspecified atom stereocenters. The number of nitrogens with one attached hydrogen (secondary N) is 2. The molecular weight excluding hydrogens is 367 g/mol. The lowest BCUT2D eigenvalue weighted by atomic mass is 10.1. The molecule has 2 N–H and O–H groups in total. The molecule has 2 rings (SSSR count). The number of rotatable bonds is 6. The SMILES string of the molecule is CC(=O)NC(CC(=O)NC(C)c1ccc(Cl)c(Cl)c1)c1cccs1. The van der Waals surface area contributed by atoms with Gasteiger partial charge in [-0.2, -0.15) is 0 Å². The van der Waals surface area contributed by atoms with Gasteiger partial charge >= 0.3 is 0 Å². The minimum Gasteiger partial charge on any atom is -0.350 e. The van der Waals surface area contributed by atoms with E-state index in [-0.39, 0.29) is 30.3 Å². The van der Waals surface area contributed by atoms with E-state index in [2.05, 4.69) is 10.6 Å². The normalized spacial score (nSPS) is 13.2. The second-order valence-electron chi connectivity index (χ2n) is 5.44. The van der Waals surface area contributed by atoms with Gasteiger partial charge in [-0.25, -0.2) is 0 Å². The summed E-state index contributed by atoms with van der Waals surface area (Å²) in [7, 11) is 0. The first kappa shape index (κ1) is 18.8. The summed E-state index contributed by atoms with van der Waals surface area (Å²) in [6.45, 7) is 3.31. The third-order valence-corrected chi connectivity index (χ3v) is 5.20. The molecule has 0 saturated carbocycles. The van der Waals surface area contributed by atoms with E-state index in [1.54, 1.807) is 12.1 Å². The topological polar surface area (TPSA) is 58.2 Å². The van der Waals surface area contributed by atoms with Crippen molar-refractivity contribution in [1.82, 2.24) is 10.6 Å². The number of thiophene rings is 1. The monoisotopic (exact) mass is 384 g/mol. The van der Waals surface area contributed by atoms with Gasteiger partial charge in [-0.3, -0.25) is 9.59 Å². The summed E-state index contributed by atoms with van der Waals surface area (Å²) in [6.07, 6.45) is 0.172. The van der Waals surface area contributed by atoms with E-state index < -0.39 is 0 Å². The Balaban J connectivity index is 2.02. The number of hydrogen-bond donors (Lipinski definition) is 2. The van der Waals surface area contributed by atoms with Crippen molar-refractivity contribution in [1.29, 1.82) is 0 Å². The van der Waals surface area contributed by atoms with Crippen LogP contribution in [0.2, 0.25) is 10.0 Å². The molecule has 4 nitrogen and oxygen atoms in total. The summed E-state index contributed by atoms with van der Waals surface area (Å²) in [5.41, 5.74) is 0.866. The number of carbonyl (C=O) groups excluding carboxylic acids is 2. The van der Waals surface area contributed by atoms with Crippen LogP contribution in [0.1, 0.15) is 42.8 Å². The predicted molar refractivity (Wildman–Crippen MR) is 98.5 cm³/mol. The number of amides is 2. The Morgan fingerprint density at radius 1 is 1.17 bits per heavy atom. The molecular formula is C17H18Cl2N2O2S. The van der Waals surface area contributed by atoms with Crippen molar-refractivity contribution in [2.45, 2.75) is 32.4 Å². The molecule has 2 atom stereocenters. The minimum atomic E-state index is -0.330. The van der Waals surface area contributed by atoms with E-state index in [1.165, 1.54) is 18.3 Å². The summed E-state index contributed by atoms with van der Waals surface area (Å²) >= 11 is 13.4. The fraction of sp³-hybridized carbons (Fsp3) is 0.294. The van der Waals surface area contributed by atoms with Crippen LogP contribution in [0.3, 0.4) is 0 Å². The third kappa shape index (κ3) is 5.23. The highest BCUT2D eigenvalue weighted by Gasteiger charge is 2.19. The van der Waals surface area contributed by atoms with Crippen LogP contribution in [-0.2, 0) is 9.59 Å². The van der Waals surface area contributed by atoms with Crippen LogP contribution in [0.25, 0.3) is 0 Å². The van der Waals surface area contributed by atoms with Gasteiger partial charge < -0.3 is 10.6 Å². The van der Waals surface area contributed by atoms with Gasteiger partial charge in [-0.15, -0.1) is 11.3 Å². The Hall–Kier alpha value is -1.56. The largest absolute Gasteiger partial charge is 0.350 e. The maximum absolute atomic E-state index is 12.3. The third-order valence-electron chi connectivity index (χ3n) is 3.47. The minimum absolute atomic E-state index is 0.152. The molecule has 0 aliphatic carbocycles. The van der Waals surface area contributed by atoms with Crippen molar-refractivity contribution in [3.05, 3.63) is 56.2 Å². The lowest BCUT2D eigenvalue weighted by molar-refractivity contribution is -0.123. The molecule has 128 valence electrons. The fourth-order valence-corrected chi connectivity index (χ4v) is 3.39. The van der Waals surface area contributed by atoms with Gasteiger partial charge in [0.15, 0.2) is 0 Å². The quantitative estimate of drug-likeness (QED) is 0.769. The van der Waals surface area contributed by atoms with E-state index in [0.29, 0.717) is 10.0 Å². The highest BCUT2D eigenvalue weighted by Crippen LogP contribution is 2.26. The van der Waals surface area contributed by atoms with Crippen LogP contribution in [0.5, 0.6) is 0 Å². The Morgan fingerprint density at radius 3 is 2.50 bits per heavy atom. The molecule has 7 heteroatoms. The highest BCUT2D eigenvalue weighted by atomic mass is 35.5. The van der Waals surface area contributed by atoms with Gasteiger partial charge in [0, 0.05) is 11.8 Å². The Bertz CT molecular complexity index is 719. The number of halogens is 2. The van der Waals surface area contributed by atoms with Crippen molar-refractivity contribution in [2.24, 2.45) is 0 Å². The lowest BCUT2D eigenvalue weighted by Gasteiger charge is -2.19. The maximum Gasteiger partial charge on any atom is 0.222 e. The average molecular weight is 385 g/mol. The van der Waals surface area contributed by atoms with Crippen molar-refractivity contribution < 1.29 is 9.59 Å². The predicted octanol–water partition coefficient (Wildman–Crippen LogP) is 4.50. The van der Waals surface area contributed by atoms with E-state index in [9.17, 15) is 9.59 Å².